The summed E-state index contributed by atoms with van der Waals surface area (Å²) in [7, 11) is 0. The third-order valence-electron chi connectivity index (χ3n) is 3.27. The second-order valence-corrected chi connectivity index (χ2v) is 4.68. The molecule has 0 amide bonds. The predicted molar refractivity (Wildman–Crippen MR) is 66.9 cm³/mol. The molecule has 0 aliphatic heterocycles. The molecule has 1 aromatic heterocycles. The molecule has 0 spiro atoms. The summed E-state index contributed by atoms with van der Waals surface area (Å²) in [4.78, 5) is 2.35. The van der Waals surface area contributed by atoms with E-state index in [2.05, 4.69) is 22.0 Å². The standard InChI is InChI=1S/C12H18ClN3/c1-2-16(10-6-4-3-5-7-10)12-9-8-11(13)14-15-12/h8-10H,2-7H2,1H3. The van der Waals surface area contributed by atoms with Crippen LogP contribution in [0.5, 0.6) is 0 Å². The molecule has 1 fully saturated rings. The number of aromatic nitrogens is 2. The maximum atomic E-state index is 5.75. The fourth-order valence-corrected chi connectivity index (χ4v) is 2.56. The summed E-state index contributed by atoms with van der Waals surface area (Å²) in [6.07, 6.45) is 6.60. The van der Waals surface area contributed by atoms with Gasteiger partial charge in [-0.05, 0) is 31.9 Å². The average molecular weight is 240 g/mol. The van der Waals surface area contributed by atoms with Gasteiger partial charge in [0.05, 0.1) is 0 Å². The topological polar surface area (TPSA) is 29.0 Å². The quantitative estimate of drug-likeness (QED) is 0.811. The van der Waals surface area contributed by atoms with E-state index in [1.165, 1.54) is 32.1 Å². The fraction of sp³-hybridized carbons (Fsp3) is 0.667. The first-order valence-corrected chi connectivity index (χ1v) is 6.45. The highest BCUT2D eigenvalue weighted by Crippen LogP contribution is 2.25. The van der Waals surface area contributed by atoms with E-state index < -0.39 is 0 Å². The lowest BCUT2D eigenvalue weighted by molar-refractivity contribution is 0.415. The molecule has 88 valence electrons. The number of hydrogen-bond acceptors (Lipinski definition) is 3. The molecule has 16 heavy (non-hydrogen) atoms. The third-order valence-corrected chi connectivity index (χ3v) is 3.47. The number of rotatable bonds is 3. The molecule has 0 N–H and O–H groups in total. The Morgan fingerprint density at radius 2 is 2.00 bits per heavy atom. The van der Waals surface area contributed by atoms with E-state index in [4.69, 9.17) is 11.6 Å². The van der Waals surface area contributed by atoms with Crippen molar-refractivity contribution in [2.45, 2.75) is 45.1 Å². The van der Waals surface area contributed by atoms with Crippen molar-refractivity contribution in [2.75, 3.05) is 11.4 Å². The minimum atomic E-state index is 0.462. The lowest BCUT2D eigenvalue weighted by Crippen LogP contribution is -2.37. The van der Waals surface area contributed by atoms with Crippen molar-refractivity contribution in [2.24, 2.45) is 0 Å². The molecule has 1 heterocycles. The summed E-state index contributed by atoms with van der Waals surface area (Å²) in [5.74, 6) is 0.957. The van der Waals surface area contributed by atoms with Gasteiger partial charge >= 0.3 is 0 Å². The fourth-order valence-electron chi connectivity index (χ4n) is 2.46. The van der Waals surface area contributed by atoms with E-state index in [0.29, 0.717) is 11.2 Å². The molecular weight excluding hydrogens is 222 g/mol. The SMILES string of the molecule is CCN(c1ccc(Cl)nn1)C1CCCCC1. The second-order valence-electron chi connectivity index (χ2n) is 4.29. The van der Waals surface area contributed by atoms with Gasteiger partial charge in [0.2, 0.25) is 0 Å². The molecule has 0 saturated heterocycles. The Kier molecular flexibility index (Phi) is 3.99. The number of nitrogens with zero attached hydrogens (tertiary/aromatic N) is 3. The van der Waals surface area contributed by atoms with Gasteiger partial charge in [0.1, 0.15) is 0 Å². The van der Waals surface area contributed by atoms with Gasteiger partial charge in [-0.15, -0.1) is 10.2 Å². The smallest absolute Gasteiger partial charge is 0.151 e. The molecular formula is C12H18ClN3. The van der Waals surface area contributed by atoms with Crippen LogP contribution < -0.4 is 4.90 Å². The van der Waals surface area contributed by atoms with Gasteiger partial charge in [-0.25, -0.2) is 0 Å². The van der Waals surface area contributed by atoms with Gasteiger partial charge in [-0.3, -0.25) is 0 Å². The number of anilines is 1. The first-order valence-electron chi connectivity index (χ1n) is 6.07. The Morgan fingerprint density at radius 1 is 1.25 bits per heavy atom. The minimum absolute atomic E-state index is 0.462. The largest absolute Gasteiger partial charge is 0.352 e. The molecule has 1 aliphatic rings. The highest BCUT2D eigenvalue weighted by atomic mass is 35.5. The Hall–Kier alpha value is -0.830. The van der Waals surface area contributed by atoms with Crippen LogP contribution in [0.3, 0.4) is 0 Å². The summed E-state index contributed by atoms with van der Waals surface area (Å²) in [6.45, 7) is 3.16. The van der Waals surface area contributed by atoms with Crippen molar-refractivity contribution in [3.8, 4) is 0 Å². The zero-order valence-electron chi connectivity index (χ0n) is 9.69. The van der Waals surface area contributed by atoms with Gasteiger partial charge < -0.3 is 4.90 Å². The maximum absolute atomic E-state index is 5.75. The minimum Gasteiger partial charge on any atom is -0.352 e. The molecule has 1 aromatic rings. The van der Waals surface area contributed by atoms with Crippen LogP contribution in [0, 0.1) is 0 Å². The summed E-state index contributed by atoms with van der Waals surface area (Å²) < 4.78 is 0. The third kappa shape index (κ3) is 2.64. The normalized spacial score (nSPS) is 17.4. The first-order chi connectivity index (χ1) is 7.81. The van der Waals surface area contributed by atoms with Crippen LogP contribution in [0.1, 0.15) is 39.0 Å². The van der Waals surface area contributed by atoms with E-state index in [-0.39, 0.29) is 0 Å². The van der Waals surface area contributed by atoms with Crippen LogP contribution in [0.15, 0.2) is 12.1 Å². The highest BCUT2D eigenvalue weighted by molar-refractivity contribution is 6.29. The number of halogens is 1. The molecule has 0 bridgehead atoms. The Balaban J connectivity index is 2.11. The Bertz CT molecular complexity index is 320. The average Bonchev–Trinajstić information content (AvgIpc) is 2.34. The van der Waals surface area contributed by atoms with Crippen molar-refractivity contribution in [3.05, 3.63) is 17.3 Å². The van der Waals surface area contributed by atoms with Crippen molar-refractivity contribution in [3.63, 3.8) is 0 Å². The second kappa shape index (κ2) is 5.48. The predicted octanol–water partition coefficient (Wildman–Crippen LogP) is 3.29. The van der Waals surface area contributed by atoms with Crippen LogP contribution in [0.2, 0.25) is 5.15 Å². The highest BCUT2D eigenvalue weighted by Gasteiger charge is 2.21. The molecule has 4 heteroatoms. The molecule has 0 unspecified atom stereocenters. The molecule has 0 radical (unpaired) electrons. The number of hydrogen-bond donors (Lipinski definition) is 0. The van der Waals surface area contributed by atoms with Crippen molar-refractivity contribution in [1.29, 1.82) is 0 Å². The van der Waals surface area contributed by atoms with Gasteiger partial charge in [-0.1, -0.05) is 30.9 Å². The molecule has 2 rings (SSSR count). The lowest BCUT2D eigenvalue weighted by atomic mass is 9.94. The van der Waals surface area contributed by atoms with Gasteiger partial charge in [0.15, 0.2) is 11.0 Å². The summed E-state index contributed by atoms with van der Waals surface area (Å²) in [5, 5.41) is 8.55. The summed E-state index contributed by atoms with van der Waals surface area (Å²) in [5.41, 5.74) is 0. The molecule has 0 atom stereocenters. The van der Waals surface area contributed by atoms with E-state index in [0.717, 1.165) is 12.4 Å². The zero-order valence-corrected chi connectivity index (χ0v) is 10.5. The molecule has 1 aliphatic carbocycles. The van der Waals surface area contributed by atoms with Crippen LogP contribution in [0.25, 0.3) is 0 Å². The molecule has 0 aromatic carbocycles. The van der Waals surface area contributed by atoms with E-state index in [1.54, 1.807) is 0 Å². The summed E-state index contributed by atoms with van der Waals surface area (Å²) >= 11 is 5.75. The molecule has 3 nitrogen and oxygen atoms in total. The van der Waals surface area contributed by atoms with Gasteiger partial charge in [0, 0.05) is 12.6 Å². The van der Waals surface area contributed by atoms with Crippen LogP contribution in [-0.4, -0.2) is 22.8 Å². The Labute approximate surface area is 102 Å². The van der Waals surface area contributed by atoms with Crippen LogP contribution >= 0.6 is 11.6 Å². The Morgan fingerprint density at radius 3 is 2.56 bits per heavy atom. The van der Waals surface area contributed by atoms with E-state index in [1.807, 2.05) is 12.1 Å². The van der Waals surface area contributed by atoms with Crippen molar-refractivity contribution < 1.29 is 0 Å². The van der Waals surface area contributed by atoms with Crippen LogP contribution in [-0.2, 0) is 0 Å². The van der Waals surface area contributed by atoms with E-state index >= 15 is 0 Å². The maximum Gasteiger partial charge on any atom is 0.151 e. The van der Waals surface area contributed by atoms with E-state index in [9.17, 15) is 0 Å². The monoisotopic (exact) mass is 239 g/mol. The van der Waals surface area contributed by atoms with Crippen molar-refractivity contribution in [1.82, 2.24) is 10.2 Å². The lowest BCUT2D eigenvalue weighted by Gasteiger charge is -2.34. The van der Waals surface area contributed by atoms with Crippen molar-refractivity contribution >= 4 is 17.4 Å². The molecule has 1 saturated carbocycles. The first kappa shape index (κ1) is 11.6. The van der Waals surface area contributed by atoms with Gasteiger partial charge in [-0.2, -0.15) is 0 Å². The summed E-state index contributed by atoms with van der Waals surface area (Å²) in [6, 6.07) is 4.41. The van der Waals surface area contributed by atoms with Crippen LogP contribution in [0.4, 0.5) is 5.82 Å². The van der Waals surface area contributed by atoms with Gasteiger partial charge in [0.25, 0.3) is 0 Å². The zero-order chi connectivity index (χ0) is 11.4.